The minimum atomic E-state index is -0.567. The molecule has 0 aromatic carbocycles. The largest absolute Gasteiger partial charge is 0.346 e. The van der Waals surface area contributed by atoms with Crippen molar-refractivity contribution in [3.05, 3.63) is 0 Å². The molecular weight excluding hydrogens is 166 g/mol. The van der Waals surface area contributed by atoms with Gasteiger partial charge in [-0.2, -0.15) is 0 Å². The molecule has 0 heterocycles. The molecule has 0 aromatic rings. The summed E-state index contributed by atoms with van der Waals surface area (Å²) < 4.78 is 0. The first-order chi connectivity index (χ1) is 5.82. The number of Topliss-reactive ketones (excluding diaryl/α,β-unsaturated/α-hetero) is 1. The predicted octanol–water partition coefficient (Wildman–Crippen LogP) is 1.13. The van der Waals surface area contributed by atoms with Gasteiger partial charge in [0.2, 0.25) is 5.78 Å². The monoisotopic (exact) mass is 183 g/mol. The smallest absolute Gasteiger partial charge is 0.288 e. The van der Waals surface area contributed by atoms with Crippen LogP contribution in [0.15, 0.2) is 0 Å². The number of ketones is 1. The molecule has 1 N–H and O–H groups in total. The molecule has 1 aliphatic carbocycles. The van der Waals surface area contributed by atoms with Crippen LogP contribution in [-0.2, 0) is 9.59 Å². The zero-order valence-corrected chi connectivity index (χ0v) is 8.68. The fourth-order valence-corrected chi connectivity index (χ4v) is 1.10. The molecule has 3 heteroatoms. The van der Waals surface area contributed by atoms with Crippen molar-refractivity contribution < 1.29 is 9.59 Å². The minimum absolute atomic E-state index is 0.235. The normalized spacial score (nSPS) is 26.8. The van der Waals surface area contributed by atoms with Gasteiger partial charge in [-0.25, -0.2) is 0 Å². The summed E-state index contributed by atoms with van der Waals surface area (Å²) in [6.45, 7) is 7.33. The maximum absolute atomic E-state index is 11.4. The Morgan fingerprint density at radius 2 is 1.77 bits per heavy atom. The number of carbonyl (C=O) groups excluding carboxylic acids is 2. The number of nitrogens with one attached hydrogen (secondary N) is 1. The molecule has 1 fully saturated rings. The molecule has 1 saturated carbocycles. The second kappa shape index (κ2) is 3.13. The van der Waals surface area contributed by atoms with Crippen LogP contribution in [0.3, 0.4) is 0 Å². The highest BCUT2D eigenvalue weighted by Gasteiger charge is 2.37. The van der Waals surface area contributed by atoms with Gasteiger partial charge in [0.25, 0.3) is 5.91 Å². The standard InChI is InChI=1S/C10H17NO2/c1-6-5-7(6)11-9(13)8(12)10(2,3)4/h6-7H,5H2,1-4H3,(H,11,13). The summed E-state index contributed by atoms with van der Waals surface area (Å²) >= 11 is 0. The van der Waals surface area contributed by atoms with Gasteiger partial charge in [-0.05, 0) is 12.3 Å². The van der Waals surface area contributed by atoms with Crippen molar-refractivity contribution in [1.29, 1.82) is 0 Å². The Morgan fingerprint density at radius 1 is 1.31 bits per heavy atom. The van der Waals surface area contributed by atoms with Gasteiger partial charge in [0.15, 0.2) is 0 Å². The van der Waals surface area contributed by atoms with Gasteiger partial charge in [0.05, 0.1) is 0 Å². The first-order valence-corrected chi connectivity index (χ1v) is 4.67. The summed E-state index contributed by atoms with van der Waals surface area (Å²) in [7, 11) is 0. The van der Waals surface area contributed by atoms with E-state index in [1.54, 1.807) is 20.8 Å². The van der Waals surface area contributed by atoms with E-state index in [0.29, 0.717) is 5.92 Å². The number of amides is 1. The number of hydrogen-bond donors (Lipinski definition) is 1. The van der Waals surface area contributed by atoms with E-state index in [-0.39, 0.29) is 11.8 Å². The molecule has 74 valence electrons. The van der Waals surface area contributed by atoms with Crippen LogP contribution in [0.4, 0.5) is 0 Å². The molecule has 1 amide bonds. The van der Waals surface area contributed by atoms with Crippen LogP contribution in [0.5, 0.6) is 0 Å². The van der Waals surface area contributed by atoms with Crippen LogP contribution >= 0.6 is 0 Å². The summed E-state index contributed by atoms with van der Waals surface area (Å²) in [6, 6.07) is 0.235. The summed E-state index contributed by atoms with van der Waals surface area (Å²) in [5, 5.41) is 2.72. The van der Waals surface area contributed by atoms with Crippen LogP contribution in [-0.4, -0.2) is 17.7 Å². The van der Waals surface area contributed by atoms with Crippen LogP contribution < -0.4 is 5.32 Å². The Morgan fingerprint density at radius 3 is 2.08 bits per heavy atom. The van der Waals surface area contributed by atoms with E-state index < -0.39 is 11.3 Å². The van der Waals surface area contributed by atoms with Gasteiger partial charge in [-0.15, -0.1) is 0 Å². The maximum atomic E-state index is 11.4. The molecule has 0 aromatic heterocycles. The lowest BCUT2D eigenvalue weighted by molar-refractivity contribution is -0.142. The van der Waals surface area contributed by atoms with Crippen molar-refractivity contribution in [2.45, 2.75) is 40.2 Å². The van der Waals surface area contributed by atoms with E-state index in [1.165, 1.54) is 0 Å². The molecule has 0 radical (unpaired) electrons. The molecular formula is C10H17NO2. The minimum Gasteiger partial charge on any atom is -0.346 e. The fraction of sp³-hybridized carbons (Fsp3) is 0.800. The van der Waals surface area contributed by atoms with E-state index in [9.17, 15) is 9.59 Å². The number of carbonyl (C=O) groups is 2. The van der Waals surface area contributed by atoms with E-state index >= 15 is 0 Å². The van der Waals surface area contributed by atoms with Gasteiger partial charge in [-0.3, -0.25) is 9.59 Å². The van der Waals surface area contributed by atoms with Crippen LogP contribution in [0.1, 0.15) is 34.1 Å². The summed E-state index contributed by atoms with van der Waals surface area (Å²) in [6.07, 6.45) is 1.00. The van der Waals surface area contributed by atoms with Crippen molar-refractivity contribution in [1.82, 2.24) is 5.32 Å². The molecule has 1 rings (SSSR count). The molecule has 0 spiro atoms. The van der Waals surface area contributed by atoms with Crippen LogP contribution in [0, 0.1) is 11.3 Å². The number of hydrogen-bond acceptors (Lipinski definition) is 2. The highest BCUT2D eigenvalue weighted by molar-refractivity contribution is 6.38. The van der Waals surface area contributed by atoms with E-state index in [1.807, 2.05) is 0 Å². The third kappa shape index (κ3) is 2.54. The predicted molar refractivity (Wildman–Crippen MR) is 50.2 cm³/mol. The quantitative estimate of drug-likeness (QED) is 0.652. The van der Waals surface area contributed by atoms with Crippen LogP contribution in [0.25, 0.3) is 0 Å². The zero-order valence-electron chi connectivity index (χ0n) is 8.68. The lowest BCUT2D eigenvalue weighted by Gasteiger charge is -2.15. The van der Waals surface area contributed by atoms with Crippen molar-refractivity contribution in [3.63, 3.8) is 0 Å². The van der Waals surface area contributed by atoms with Gasteiger partial charge in [0.1, 0.15) is 0 Å². The van der Waals surface area contributed by atoms with Gasteiger partial charge in [-0.1, -0.05) is 27.7 Å². The topological polar surface area (TPSA) is 46.2 Å². The first-order valence-electron chi connectivity index (χ1n) is 4.67. The van der Waals surface area contributed by atoms with Crippen molar-refractivity contribution in [2.75, 3.05) is 0 Å². The van der Waals surface area contributed by atoms with E-state index in [0.717, 1.165) is 6.42 Å². The average molecular weight is 183 g/mol. The van der Waals surface area contributed by atoms with Crippen LogP contribution in [0.2, 0.25) is 0 Å². The average Bonchev–Trinajstić information content (AvgIpc) is 2.63. The Balaban J connectivity index is 2.44. The molecule has 0 saturated heterocycles. The van der Waals surface area contributed by atoms with E-state index in [4.69, 9.17) is 0 Å². The Kier molecular flexibility index (Phi) is 2.46. The zero-order chi connectivity index (χ0) is 10.2. The summed E-state index contributed by atoms with van der Waals surface area (Å²) in [4.78, 5) is 22.7. The van der Waals surface area contributed by atoms with E-state index in [2.05, 4.69) is 12.2 Å². The van der Waals surface area contributed by atoms with Gasteiger partial charge < -0.3 is 5.32 Å². The highest BCUT2D eigenvalue weighted by Crippen LogP contribution is 2.29. The summed E-state index contributed by atoms with van der Waals surface area (Å²) in [5.41, 5.74) is -0.567. The summed E-state index contributed by atoms with van der Waals surface area (Å²) in [5.74, 6) is -0.217. The fourth-order valence-electron chi connectivity index (χ4n) is 1.10. The third-order valence-corrected chi connectivity index (χ3v) is 2.31. The second-order valence-electron chi connectivity index (χ2n) is 4.87. The molecule has 2 unspecified atom stereocenters. The molecule has 0 bridgehead atoms. The molecule has 2 atom stereocenters. The number of rotatable bonds is 2. The highest BCUT2D eigenvalue weighted by atomic mass is 16.2. The lowest BCUT2D eigenvalue weighted by Crippen LogP contribution is -2.39. The van der Waals surface area contributed by atoms with Crippen molar-refractivity contribution in [3.8, 4) is 0 Å². The molecule has 3 nitrogen and oxygen atoms in total. The van der Waals surface area contributed by atoms with Gasteiger partial charge in [0, 0.05) is 11.5 Å². The molecule has 1 aliphatic rings. The molecule has 0 aliphatic heterocycles. The maximum Gasteiger partial charge on any atom is 0.288 e. The van der Waals surface area contributed by atoms with Gasteiger partial charge >= 0.3 is 0 Å². The SMILES string of the molecule is CC1CC1NC(=O)C(=O)C(C)(C)C. The second-order valence-corrected chi connectivity index (χ2v) is 4.87. The first kappa shape index (κ1) is 10.2. The Hall–Kier alpha value is -0.860. The third-order valence-electron chi connectivity index (χ3n) is 2.31. The van der Waals surface area contributed by atoms with Crippen molar-refractivity contribution >= 4 is 11.7 Å². The molecule has 13 heavy (non-hydrogen) atoms. The Labute approximate surface area is 78.9 Å². The van der Waals surface area contributed by atoms with Crippen molar-refractivity contribution in [2.24, 2.45) is 11.3 Å². The Bertz CT molecular complexity index is 240. The lowest BCUT2D eigenvalue weighted by atomic mass is 9.90.